The molecule has 18 heteroatoms. The summed E-state index contributed by atoms with van der Waals surface area (Å²) in [7, 11) is 0. The molecule has 13 rings (SSSR count). The SMILES string of the molecule is CC(C)c1cccc(C(C)C)c1N1C(=O)c2cc(Oc3cc(Br)cc(Br)c3)c3c4c(Oc5cc(Br)cc(Br)c5)cc5c6c(cc(Oc7cc(Br)cc(Br)c7)c(c7c(Oc8cc(Br)cc(Br)c8)cc(c2c37)C1=O)c64)C(=O)N(c1c(C(C)C)cccc1C(C)C)C5=O. The maximum atomic E-state index is 16.4. The number of para-hydroxylation sites is 2. The van der Waals surface area contributed by atoms with E-state index in [0.29, 0.717) is 113 Å². The maximum absolute atomic E-state index is 16.4. The van der Waals surface area contributed by atoms with Crippen LogP contribution in [0.4, 0.5) is 11.4 Å². The Bertz CT molecular complexity index is 4290. The fourth-order valence-electron chi connectivity index (χ4n) is 12.6. The van der Waals surface area contributed by atoms with Crippen molar-refractivity contribution in [2.24, 2.45) is 0 Å². The van der Waals surface area contributed by atoms with Crippen LogP contribution >= 0.6 is 127 Å². The molecule has 4 amide bonds. The lowest BCUT2D eigenvalue weighted by atomic mass is 9.80. The van der Waals surface area contributed by atoms with Crippen molar-refractivity contribution in [2.75, 3.05) is 9.80 Å². The van der Waals surface area contributed by atoms with Crippen molar-refractivity contribution in [1.82, 2.24) is 0 Å². The van der Waals surface area contributed by atoms with E-state index in [9.17, 15) is 0 Å². The summed E-state index contributed by atoms with van der Waals surface area (Å²) >= 11 is 29.6. The standard InChI is InChI=1S/C72H50Br8N2O8/c1-31(2)47-11-9-12-48(32(3)4)67(47)81-69(83)51-27-55(87-43-19-35(73)15-36(74)20-43)61-63-57(89-45-23-39(77)17-40(78)24-45)29-53-60-54(72(86)82(71(53)85)68-49(33(5)6)13-10-14-50(68)34(7)8)30-58(90-46-25-41(79)18-42(80)26-46)64(66(60)63)62-56(28-52(70(81)84)59(51)65(61)62)88-44-21-37(75)16-38(76)22-44/h9-34H,1-8H3. The van der Waals surface area contributed by atoms with E-state index in [4.69, 9.17) is 18.9 Å². The Hall–Kier alpha value is -5.96. The Morgan fingerprint density at radius 1 is 0.278 bits per heavy atom. The summed E-state index contributed by atoms with van der Waals surface area (Å²) in [6.45, 7) is 16.4. The zero-order chi connectivity index (χ0) is 63.8. The highest BCUT2D eigenvalue weighted by atomic mass is 79.9. The molecule has 0 fully saturated rings. The van der Waals surface area contributed by atoms with Gasteiger partial charge in [0.15, 0.2) is 0 Å². The van der Waals surface area contributed by atoms with Gasteiger partial charge in [0.25, 0.3) is 23.6 Å². The van der Waals surface area contributed by atoms with E-state index in [-0.39, 0.29) is 68.9 Å². The van der Waals surface area contributed by atoms with Crippen LogP contribution < -0.4 is 28.7 Å². The first-order valence-corrected chi connectivity index (χ1v) is 35.1. The van der Waals surface area contributed by atoms with Crippen molar-refractivity contribution in [1.29, 1.82) is 0 Å². The average Bonchev–Trinajstić information content (AvgIpc) is 0.672. The second-order valence-corrected chi connectivity index (χ2v) is 30.9. The molecule has 0 saturated heterocycles. The van der Waals surface area contributed by atoms with Crippen LogP contribution in [-0.4, -0.2) is 23.6 Å². The fraction of sp³-hybridized carbons (Fsp3) is 0.167. The Kier molecular flexibility index (Phi) is 16.9. The molecule has 0 atom stereocenters. The second kappa shape index (κ2) is 24.2. The fourth-order valence-corrected chi connectivity index (χ4v) is 17.6. The van der Waals surface area contributed by atoms with E-state index in [1.807, 2.05) is 165 Å². The number of hydrogen-bond donors (Lipinski definition) is 0. The summed E-state index contributed by atoms with van der Waals surface area (Å²) in [4.78, 5) is 68.1. The van der Waals surface area contributed by atoms with Crippen LogP contribution in [0.5, 0.6) is 46.0 Å². The lowest BCUT2D eigenvalue weighted by molar-refractivity contribution is 0.0877. The van der Waals surface area contributed by atoms with Crippen molar-refractivity contribution in [3.8, 4) is 46.0 Å². The number of rotatable bonds is 14. The third-order valence-corrected chi connectivity index (χ3v) is 19.9. The van der Waals surface area contributed by atoms with Gasteiger partial charge in [0, 0.05) is 78.9 Å². The zero-order valence-corrected chi connectivity index (χ0v) is 61.9. The summed E-state index contributed by atoms with van der Waals surface area (Å²) < 4.78 is 34.7. The van der Waals surface area contributed by atoms with Crippen molar-refractivity contribution in [2.45, 2.75) is 79.1 Å². The molecule has 0 unspecified atom stereocenters. The number of carbonyl (C=O) groups is 4. The molecule has 10 nitrogen and oxygen atoms in total. The van der Waals surface area contributed by atoms with E-state index in [1.165, 1.54) is 9.80 Å². The molecule has 0 saturated carbocycles. The minimum atomic E-state index is -0.578. The topological polar surface area (TPSA) is 112 Å². The van der Waals surface area contributed by atoms with Gasteiger partial charge in [-0.15, -0.1) is 0 Å². The quantitative estimate of drug-likeness (QED) is 0.0601. The third-order valence-electron chi connectivity index (χ3n) is 16.3. The van der Waals surface area contributed by atoms with Gasteiger partial charge in [0.05, 0.1) is 33.6 Å². The van der Waals surface area contributed by atoms with Gasteiger partial charge in [-0.3, -0.25) is 19.2 Å². The normalized spacial score (nSPS) is 13.3. The van der Waals surface area contributed by atoms with Crippen LogP contribution in [-0.2, 0) is 0 Å². The molecule has 11 aromatic rings. The lowest BCUT2D eigenvalue weighted by Gasteiger charge is -2.35. The van der Waals surface area contributed by atoms with E-state index in [0.717, 1.165) is 22.3 Å². The number of fused-ring (bicyclic) bond motifs is 2. The van der Waals surface area contributed by atoms with E-state index in [2.05, 4.69) is 127 Å². The second-order valence-electron chi connectivity index (χ2n) is 23.6. The Morgan fingerprint density at radius 3 is 0.667 bits per heavy atom. The summed E-state index contributed by atoms with van der Waals surface area (Å²) in [5, 5.41) is 2.83. The van der Waals surface area contributed by atoms with Gasteiger partial charge in [-0.2, -0.15) is 0 Å². The summed E-state index contributed by atoms with van der Waals surface area (Å²) in [5.74, 6) is -0.516. The summed E-state index contributed by atoms with van der Waals surface area (Å²) in [6, 6.07) is 40.6. The monoisotopic (exact) mass is 1700 g/mol. The molecule has 11 aromatic carbocycles. The van der Waals surface area contributed by atoms with Gasteiger partial charge < -0.3 is 18.9 Å². The van der Waals surface area contributed by atoms with Crippen molar-refractivity contribution in [3.05, 3.63) is 214 Å². The van der Waals surface area contributed by atoms with Gasteiger partial charge in [-0.25, -0.2) is 9.80 Å². The van der Waals surface area contributed by atoms with Crippen molar-refractivity contribution >= 4 is 206 Å². The number of ether oxygens (including phenoxy) is 4. The van der Waals surface area contributed by atoms with Crippen LogP contribution in [0.1, 0.15) is 143 Å². The van der Waals surface area contributed by atoms with Gasteiger partial charge in [0.2, 0.25) is 0 Å². The number of carbonyl (C=O) groups excluding carboxylic acids is 4. The highest BCUT2D eigenvalue weighted by Gasteiger charge is 2.44. The van der Waals surface area contributed by atoms with Crippen molar-refractivity contribution < 1.29 is 38.1 Å². The highest BCUT2D eigenvalue weighted by molar-refractivity contribution is 9.12. The molecule has 0 aromatic heterocycles. The molecule has 90 heavy (non-hydrogen) atoms. The Morgan fingerprint density at radius 2 is 0.478 bits per heavy atom. The Labute approximate surface area is 586 Å². The molecule has 0 bridgehead atoms. The summed E-state index contributed by atoms with van der Waals surface area (Å²) in [6.07, 6.45) is 0. The lowest BCUT2D eigenvalue weighted by Crippen LogP contribution is -2.42. The first kappa shape index (κ1) is 62.8. The molecular weight excluding hydrogens is 1660 g/mol. The van der Waals surface area contributed by atoms with Crippen molar-refractivity contribution in [3.63, 3.8) is 0 Å². The molecule has 0 radical (unpaired) electrons. The molecule has 0 spiro atoms. The average molecular weight is 1710 g/mol. The van der Waals surface area contributed by atoms with Crippen LogP contribution in [0.2, 0.25) is 0 Å². The first-order chi connectivity index (χ1) is 42.8. The Balaban J connectivity index is 1.29. The van der Waals surface area contributed by atoms with E-state index in [1.54, 1.807) is 24.3 Å². The number of anilines is 2. The number of imide groups is 2. The molecule has 2 aliphatic heterocycles. The minimum absolute atomic E-state index is 0.0981. The minimum Gasteiger partial charge on any atom is -0.457 e. The smallest absolute Gasteiger partial charge is 0.266 e. The highest BCUT2D eigenvalue weighted by Crippen LogP contribution is 2.59. The van der Waals surface area contributed by atoms with Gasteiger partial charge in [0.1, 0.15) is 46.0 Å². The number of benzene rings is 11. The van der Waals surface area contributed by atoms with E-state index < -0.39 is 23.6 Å². The molecular formula is C72H50Br8N2O8. The van der Waals surface area contributed by atoms with Crippen LogP contribution in [0, 0.1) is 0 Å². The molecule has 0 N–H and O–H groups in total. The van der Waals surface area contributed by atoms with Gasteiger partial charge in [-0.1, -0.05) is 219 Å². The number of hydrogen-bond acceptors (Lipinski definition) is 8. The molecule has 2 aliphatic rings. The van der Waals surface area contributed by atoms with Crippen LogP contribution in [0.25, 0.3) is 43.1 Å². The van der Waals surface area contributed by atoms with Gasteiger partial charge >= 0.3 is 0 Å². The number of amides is 4. The predicted molar refractivity (Wildman–Crippen MR) is 387 cm³/mol. The van der Waals surface area contributed by atoms with Crippen LogP contribution in [0.15, 0.2) is 169 Å². The predicted octanol–water partition coefficient (Wildman–Crippen LogP) is 25.1. The first-order valence-electron chi connectivity index (χ1n) is 28.8. The van der Waals surface area contributed by atoms with Crippen LogP contribution in [0.3, 0.4) is 0 Å². The largest absolute Gasteiger partial charge is 0.457 e. The van der Waals surface area contributed by atoms with Gasteiger partial charge in [-0.05, 0) is 143 Å². The zero-order valence-electron chi connectivity index (χ0n) is 49.2. The van der Waals surface area contributed by atoms with E-state index >= 15 is 19.2 Å². The summed E-state index contributed by atoms with van der Waals surface area (Å²) in [5.41, 5.74) is 4.91. The third kappa shape index (κ3) is 10.9. The molecule has 452 valence electrons. The maximum Gasteiger partial charge on any atom is 0.266 e. The molecule has 2 heterocycles. The molecule has 0 aliphatic carbocycles. The number of halogens is 8. The number of nitrogens with zero attached hydrogens (tertiary/aromatic N) is 2.